The number of nitrogens with zero attached hydrogens (tertiary/aromatic N) is 4. The Hall–Kier alpha value is -2.34. The molecule has 6 heteroatoms. The predicted octanol–water partition coefficient (Wildman–Crippen LogP) is 2.74. The number of aryl methyl sites for hydroxylation is 1. The van der Waals surface area contributed by atoms with Crippen molar-refractivity contribution in [3.05, 3.63) is 24.5 Å². The standard InChI is InChI=1S/C18H22N4O2/c1-11-8-22(9-12(2)24-11)18-17-16(19-10-20-18)14-7-13(23-4)5-6-15(14)21(17)3/h5-7,10-12H,8-9H2,1-4H3/t11-,12-/m0/s1. The second-order valence-electron chi connectivity index (χ2n) is 6.50. The van der Waals surface area contributed by atoms with Crippen LogP contribution < -0.4 is 9.64 Å². The Morgan fingerprint density at radius 1 is 1.17 bits per heavy atom. The number of fused-ring (bicyclic) bond motifs is 3. The molecular weight excluding hydrogens is 304 g/mol. The molecule has 0 radical (unpaired) electrons. The first kappa shape index (κ1) is 15.2. The summed E-state index contributed by atoms with van der Waals surface area (Å²) in [7, 11) is 3.75. The molecule has 6 nitrogen and oxygen atoms in total. The van der Waals surface area contributed by atoms with E-state index in [1.807, 2.05) is 12.1 Å². The van der Waals surface area contributed by atoms with Crippen LogP contribution in [-0.4, -0.2) is 46.9 Å². The van der Waals surface area contributed by atoms with E-state index in [0.29, 0.717) is 0 Å². The van der Waals surface area contributed by atoms with Crippen molar-refractivity contribution in [3.8, 4) is 5.75 Å². The van der Waals surface area contributed by atoms with E-state index in [0.717, 1.165) is 46.6 Å². The molecule has 2 aromatic heterocycles. The van der Waals surface area contributed by atoms with Gasteiger partial charge in [0.1, 0.15) is 23.1 Å². The molecule has 0 spiro atoms. The fourth-order valence-electron chi connectivity index (χ4n) is 3.70. The van der Waals surface area contributed by atoms with E-state index in [1.165, 1.54) is 0 Å². The monoisotopic (exact) mass is 326 g/mol. The van der Waals surface area contributed by atoms with Gasteiger partial charge in [-0.2, -0.15) is 0 Å². The summed E-state index contributed by atoms with van der Waals surface area (Å²) in [5.74, 6) is 1.81. The van der Waals surface area contributed by atoms with Crippen LogP contribution in [0, 0.1) is 0 Å². The Morgan fingerprint density at radius 3 is 2.62 bits per heavy atom. The molecular formula is C18H22N4O2. The van der Waals surface area contributed by atoms with Crippen molar-refractivity contribution in [3.63, 3.8) is 0 Å². The van der Waals surface area contributed by atoms with Gasteiger partial charge in [0.05, 0.1) is 24.8 Å². The van der Waals surface area contributed by atoms with E-state index in [-0.39, 0.29) is 12.2 Å². The number of aromatic nitrogens is 3. The second kappa shape index (κ2) is 5.63. The topological polar surface area (TPSA) is 52.4 Å². The van der Waals surface area contributed by atoms with Crippen LogP contribution in [0.2, 0.25) is 0 Å². The largest absolute Gasteiger partial charge is 0.497 e. The summed E-state index contributed by atoms with van der Waals surface area (Å²) in [5.41, 5.74) is 3.15. The summed E-state index contributed by atoms with van der Waals surface area (Å²) in [6.45, 7) is 5.88. The highest BCUT2D eigenvalue weighted by Gasteiger charge is 2.26. The number of benzene rings is 1. The second-order valence-corrected chi connectivity index (χ2v) is 6.50. The molecule has 0 amide bonds. The molecule has 126 valence electrons. The maximum absolute atomic E-state index is 5.86. The third-order valence-corrected chi connectivity index (χ3v) is 4.68. The van der Waals surface area contributed by atoms with Gasteiger partial charge in [-0.15, -0.1) is 0 Å². The zero-order valence-electron chi connectivity index (χ0n) is 14.5. The first-order chi connectivity index (χ1) is 11.6. The highest BCUT2D eigenvalue weighted by Crippen LogP contribution is 2.34. The minimum absolute atomic E-state index is 0.188. The number of rotatable bonds is 2. The Labute approximate surface area is 141 Å². The first-order valence-electron chi connectivity index (χ1n) is 8.26. The molecule has 0 unspecified atom stereocenters. The Bertz CT molecular complexity index is 895. The summed E-state index contributed by atoms with van der Waals surface area (Å²) >= 11 is 0. The van der Waals surface area contributed by atoms with Crippen LogP contribution in [0.25, 0.3) is 21.9 Å². The van der Waals surface area contributed by atoms with Crippen LogP contribution in [0.3, 0.4) is 0 Å². The number of methoxy groups -OCH3 is 1. The van der Waals surface area contributed by atoms with Crippen LogP contribution in [0.4, 0.5) is 5.82 Å². The SMILES string of the molecule is COc1ccc2c(c1)c1ncnc(N3C[C@H](C)O[C@@H](C)C3)c1n2C. The van der Waals surface area contributed by atoms with E-state index in [1.54, 1.807) is 13.4 Å². The average molecular weight is 326 g/mol. The Kier molecular flexibility index (Phi) is 3.57. The number of morpholine rings is 1. The maximum Gasteiger partial charge on any atom is 0.156 e. The van der Waals surface area contributed by atoms with E-state index < -0.39 is 0 Å². The fourth-order valence-corrected chi connectivity index (χ4v) is 3.70. The van der Waals surface area contributed by atoms with E-state index in [4.69, 9.17) is 9.47 Å². The van der Waals surface area contributed by atoms with Gasteiger partial charge in [0, 0.05) is 25.5 Å². The maximum atomic E-state index is 5.86. The molecule has 1 aromatic carbocycles. The normalized spacial score (nSPS) is 21.6. The van der Waals surface area contributed by atoms with Crippen LogP contribution >= 0.6 is 0 Å². The lowest BCUT2D eigenvalue weighted by Gasteiger charge is -2.36. The number of anilines is 1. The van der Waals surface area contributed by atoms with Gasteiger partial charge in [-0.05, 0) is 32.0 Å². The van der Waals surface area contributed by atoms with Crippen LogP contribution in [0.1, 0.15) is 13.8 Å². The van der Waals surface area contributed by atoms with E-state index in [9.17, 15) is 0 Å². The van der Waals surface area contributed by atoms with Crippen molar-refractivity contribution in [2.24, 2.45) is 7.05 Å². The molecule has 3 heterocycles. The summed E-state index contributed by atoms with van der Waals surface area (Å²) in [6, 6.07) is 6.09. The predicted molar refractivity (Wildman–Crippen MR) is 94.8 cm³/mol. The van der Waals surface area contributed by atoms with Crippen molar-refractivity contribution < 1.29 is 9.47 Å². The van der Waals surface area contributed by atoms with E-state index >= 15 is 0 Å². The zero-order valence-corrected chi connectivity index (χ0v) is 14.5. The lowest BCUT2D eigenvalue weighted by atomic mass is 10.2. The van der Waals surface area contributed by atoms with Gasteiger partial charge in [-0.1, -0.05) is 0 Å². The van der Waals surface area contributed by atoms with E-state index in [2.05, 4.69) is 46.4 Å². The summed E-state index contributed by atoms with van der Waals surface area (Å²) in [6.07, 6.45) is 2.03. The third-order valence-electron chi connectivity index (χ3n) is 4.68. The number of hydrogen-bond donors (Lipinski definition) is 0. The van der Waals surface area contributed by atoms with Gasteiger partial charge in [-0.3, -0.25) is 0 Å². The molecule has 4 rings (SSSR count). The summed E-state index contributed by atoms with van der Waals surface area (Å²) in [5, 5.41) is 1.09. The van der Waals surface area contributed by atoms with Crippen molar-refractivity contribution in [1.29, 1.82) is 0 Å². The minimum Gasteiger partial charge on any atom is -0.497 e. The Morgan fingerprint density at radius 2 is 1.92 bits per heavy atom. The van der Waals surface area contributed by atoms with Crippen molar-refractivity contribution >= 4 is 27.8 Å². The van der Waals surface area contributed by atoms with Gasteiger partial charge in [0.2, 0.25) is 0 Å². The van der Waals surface area contributed by atoms with Crippen LogP contribution in [0.5, 0.6) is 5.75 Å². The number of hydrogen-bond acceptors (Lipinski definition) is 5. The molecule has 0 N–H and O–H groups in total. The molecule has 1 saturated heterocycles. The number of ether oxygens (including phenoxy) is 2. The average Bonchev–Trinajstić information content (AvgIpc) is 2.86. The molecule has 1 fully saturated rings. The van der Waals surface area contributed by atoms with Crippen molar-refractivity contribution in [2.75, 3.05) is 25.1 Å². The van der Waals surface area contributed by atoms with Crippen molar-refractivity contribution in [2.45, 2.75) is 26.1 Å². The molecule has 0 aliphatic carbocycles. The highest BCUT2D eigenvalue weighted by molar-refractivity contribution is 6.09. The quantitative estimate of drug-likeness (QED) is 0.725. The molecule has 3 aromatic rings. The lowest BCUT2D eigenvalue weighted by Crippen LogP contribution is -2.46. The Balaban J connectivity index is 1.94. The lowest BCUT2D eigenvalue weighted by molar-refractivity contribution is -0.00538. The van der Waals surface area contributed by atoms with Gasteiger partial charge in [0.25, 0.3) is 0 Å². The highest BCUT2D eigenvalue weighted by atomic mass is 16.5. The van der Waals surface area contributed by atoms with Crippen LogP contribution in [0.15, 0.2) is 24.5 Å². The van der Waals surface area contributed by atoms with Gasteiger partial charge in [0.15, 0.2) is 5.82 Å². The van der Waals surface area contributed by atoms with Gasteiger partial charge >= 0.3 is 0 Å². The molecule has 0 bridgehead atoms. The van der Waals surface area contributed by atoms with Crippen LogP contribution in [-0.2, 0) is 11.8 Å². The molecule has 2 atom stereocenters. The van der Waals surface area contributed by atoms with Gasteiger partial charge < -0.3 is 18.9 Å². The van der Waals surface area contributed by atoms with Gasteiger partial charge in [-0.25, -0.2) is 9.97 Å². The fraction of sp³-hybridized carbons (Fsp3) is 0.444. The molecule has 1 aliphatic heterocycles. The smallest absolute Gasteiger partial charge is 0.156 e. The summed E-state index contributed by atoms with van der Waals surface area (Å²) in [4.78, 5) is 11.5. The minimum atomic E-state index is 0.188. The first-order valence-corrected chi connectivity index (χ1v) is 8.26. The zero-order chi connectivity index (χ0) is 16.8. The molecule has 0 saturated carbocycles. The summed E-state index contributed by atoms with van der Waals surface area (Å²) < 4.78 is 13.4. The molecule has 1 aliphatic rings. The molecule has 24 heavy (non-hydrogen) atoms. The van der Waals surface area contributed by atoms with Crippen molar-refractivity contribution in [1.82, 2.24) is 14.5 Å². The third kappa shape index (κ3) is 2.29.